The summed E-state index contributed by atoms with van der Waals surface area (Å²) >= 11 is 6.29. The minimum absolute atomic E-state index is 0.557. The molecule has 0 amide bonds. The van der Waals surface area contributed by atoms with Crippen molar-refractivity contribution in [1.29, 1.82) is 0 Å². The largest absolute Gasteiger partial charge is 0.360 e. The number of piperidine rings is 1. The maximum Gasteiger partial charge on any atom is 0.229 e. The highest BCUT2D eigenvalue weighted by atomic mass is 35.5. The zero-order valence-corrected chi connectivity index (χ0v) is 18.9. The van der Waals surface area contributed by atoms with Gasteiger partial charge in [-0.2, -0.15) is 4.98 Å². The summed E-state index contributed by atoms with van der Waals surface area (Å²) in [4.78, 5) is 14.9. The Morgan fingerprint density at radius 3 is 2.62 bits per heavy atom. The highest BCUT2D eigenvalue weighted by Gasteiger charge is 2.11. The van der Waals surface area contributed by atoms with Gasteiger partial charge in [-0.15, -0.1) is 0 Å². The molecule has 7 heteroatoms. The number of aryl methyl sites for hydroxylation is 1. The monoisotopic (exact) mass is 446 g/mol. The smallest absolute Gasteiger partial charge is 0.229 e. The van der Waals surface area contributed by atoms with Gasteiger partial charge in [-0.3, -0.25) is 4.90 Å². The molecule has 6 nitrogen and oxygen atoms in total. The van der Waals surface area contributed by atoms with Crippen molar-refractivity contribution in [2.45, 2.75) is 32.7 Å². The average molecular weight is 447 g/mol. The molecule has 0 atom stereocenters. The van der Waals surface area contributed by atoms with E-state index in [1.54, 1.807) is 0 Å². The van der Waals surface area contributed by atoms with Crippen molar-refractivity contribution < 1.29 is 0 Å². The second-order valence-corrected chi connectivity index (χ2v) is 8.78. The fraction of sp³-hybridized carbons (Fsp3) is 0.280. The number of aromatic nitrogens is 3. The van der Waals surface area contributed by atoms with Crippen molar-refractivity contribution in [3.05, 3.63) is 71.0 Å². The first kappa shape index (κ1) is 20.8. The van der Waals surface area contributed by atoms with Gasteiger partial charge >= 0.3 is 0 Å². The van der Waals surface area contributed by atoms with E-state index >= 15 is 0 Å². The van der Waals surface area contributed by atoms with Gasteiger partial charge in [0.1, 0.15) is 5.82 Å². The molecule has 1 saturated heterocycles. The number of fused-ring (bicyclic) bond motifs is 1. The lowest BCUT2D eigenvalue weighted by molar-refractivity contribution is 0.221. The van der Waals surface area contributed by atoms with Gasteiger partial charge in [-0.05, 0) is 68.8 Å². The second kappa shape index (κ2) is 9.18. The molecule has 0 aliphatic carbocycles. The molecule has 3 N–H and O–H groups in total. The zero-order chi connectivity index (χ0) is 21.9. The summed E-state index contributed by atoms with van der Waals surface area (Å²) in [6.45, 7) is 5.42. The molecule has 0 radical (unpaired) electrons. The number of anilines is 4. The Bertz CT molecular complexity index is 1210. The number of hydrogen-bond acceptors (Lipinski definition) is 5. The van der Waals surface area contributed by atoms with Crippen LogP contribution < -0.4 is 10.6 Å². The molecule has 1 aliphatic heterocycles. The number of nitrogens with zero attached hydrogens (tertiary/aromatic N) is 3. The van der Waals surface area contributed by atoms with E-state index in [9.17, 15) is 0 Å². The van der Waals surface area contributed by atoms with Crippen LogP contribution >= 0.6 is 11.6 Å². The molecule has 0 spiro atoms. The van der Waals surface area contributed by atoms with Crippen LogP contribution in [0, 0.1) is 6.92 Å². The summed E-state index contributed by atoms with van der Waals surface area (Å²) in [5.74, 6) is 1.31. The normalized spacial score (nSPS) is 14.6. The number of H-pyrrole nitrogens is 1. The van der Waals surface area contributed by atoms with Crippen LogP contribution in [-0.4, -0.2) is 32.9 Å². The lowest BCUT2D eigenvalue weighted by atomic mass is 10.1. The fourth-order valence-electron chi connectivity index (χ4n) is 4.18. The van der Waals surface area contributed by atoms with Gasteiger partial charge in [0, 0.05) is 41.3 Å². The van der Waals surface area contributed by atoms with Gasteiger partial charge in [-0.1, -0.05) is 30.2 Å². The van der Waals surface area contributed by atoms with E-state index in [-0.39, 0.29) is 0 Å². The maximum atomic E-state index is 6.29. The minimum atomic E-state index is 0.557. The van der Waals surface area contributed by atoms with Crippen molar-refractivity contribution in [2.24, 2.45) is 0 Å². The topological polar surface area (TPSA) is 68.9 Å². The lowest BCUT2D eigenvalue weighted by Crippen LogP contribution is -2.29. The van der Waals surface area contributed by atoms with Crippen molar-refractivity contribution >= 4 is 45.6 Å². The van der Waals surface area contributed by atoms with Crippen molar-refractivity contribution in [3.63, 3.8) is 0 Å². The van der Waals surface area contributed by atoms with E-state index in [0.29, 0.717) is 11.0 Å². The molecule has 0 saturated carbocycles. The van der Waals surface area contributed by atoms with E-state index in [1.807, 2.05) is 37.5 Å². The van der Waals surface area contributed by atoms with Crippen LogP contribution in [0.25, 0.3) is 10.9 Å². The number of rotatable bonds is 6. The maximum absolute atomic E-state index is 6.29. The Morgan fingerprint density at radius 1 is 1.00 bits per heavy atom. The summed E-state index contributed by atoms with van der Waals surface area (Å²) in [5, 5.41) is 8.48. The molecule has 0 bridgehead atoms. The van der Waals surface area contributed by atoms with Gasteiger partial charge in [0.2, 0.25) is 5.95 Å². The molecule has 5 rings (SSSR count). The number of hydrogen-bond donors (Lipinski definition) is 3. The third-order valence-corrected chi connectivity index (χ3v) is 6.28. The molecule has 2 aromatic carbocycles. The Hall–Kier alpha value is -3.09. The van der Waals surface area contributed by atoms with Gasteiger partial charge in [-0.25, -0.2) is 4.98 Å². The predicted octanol–water partition coefficient (Wildman–Crippen LogP) is 6.39. The van der Waals surface area contributed by atoms with Gasteiger partial charge in [0.25, 0.3) is 0 Å². The Morgan fingerprint density at radius 2 is 1.81 bits per heavy atom. The van der Waals surface area contributed by atoms with Gasteiger partial charge in [0.05, 0.1) is 10.5 Å². The summed E-state index contributed by atoms with van der Waals surface area (Å²) in [6.07, 6.45) is 7.70. The highest BCUT2D eigenvalue weighted by molar-refractivity contribution is 6.35. The molecule has 1 aliphatic rings. The van der Waals surface area contributed by atoms with Crippen molar-refractivity contribution in [2.75, 3.05) is 23.7 Å². The van der Waals surface area contributed by atoms with Crippen LogP contribution in [-0.2, 0) is 6.54 Å². The summed E-state index contributed by atoms with van der Waals surface area (Å²) in [7, 11) is 0. The molecule has 164 valence electrons. The van der Waals surface area contributed by atoms with Crippen LogP contribution in [0.1, 0.15) is 30.4 Å². The lowest BCUT2D eigenvalue weighted by Gasteiger charge is -2.26. The van der Waals surface area contributed by atoms with Crippen LogP contribution in [0.15, 0.2) is 54.9 Å². The summed E-state index contributed by atoms with van der Waals surface area (Å²) < 4.78 is 0. The van der Waals surface area contributed by atoms with E-state index in [0.717, 1.165) is 40.2 Å². The third kappa shape index (κ3) is 4.56. The first-order valence-corrected chi connectivity index (χ1v) is 11.5. The number of aromatic amines is 1. The van der Waals surface area contributed by atoms with Crippen LogP contribution in [0.2, 0.25) is 5.02 Å². The Labute approximate surface area is 193 Å². The first-order chi connectivity index (χ1) is 15.7. The van der Waals surface area contributed by atoms with Crippen molar-refractivity contribution in [3.8, 4) is 0 Å². The third-order valence-electron chi connectivity index (χ3n) is 5.96. The number of benzene rings is 2. The molecule has 0 unspecified atom stereocenters. The summed E-state index contributed by atoms with van der Waals surface area (Å²) in [6, 6.07) is 14.4. The molecule has 1 fully saturated rings. The quantitative estimate of drug-likeness (QED) is 0.320. The SMILES string of the molecule is Cc1cnc(Nc2ccc(CN3CCCCC3)cc2)nc1Nc1ccc(Cl)c2[nH]ccc12. The fourth-order valence-corrected chi connectivity index (χ4v) is 4.40. The van der Waals surface area contributed by atoms with Gasteiger partial charge in [0.15, 0.2) is 0 Å². The molecule has 4 aromatic rings. The first-order valence-electron chi connectivity index (χ1n) is 11.1. The average Bonchev–Trinajstić information content (AvgIpc) is 3.31. The molecular formula is C25H27ClN6. The number of nitrogens with one attached hydrogen (secondary N) is 3. The number of halogens is 1. The zero-order valence-electron chi connectivity index (χ0n) is 18.2. The number of likely N-dealkylation sites (tertiary alicyclic amines) is 1. The van der Waals surface area contributed by atoms with E-state index in [2.05, 4.69) is 49.8 Å². The predicted molar refractivity (Wildman–Crippen MR) is 132 cm³/mol. The highest BCUT2D eigenvalue weighted by Crippen LogP contribution is 2.31. The molecule has 32 heavy (non-hydrogen) atoms. The standard InChI is InChI=1S/C25H27ClN6/c1-17-15-28-25(29-19-7-5-18(6-8-19)16-32-13-3-2-4-14-32)31-24(17)30-22-10-9-21(26)23-20(22)11-12-27-23/h5-12,15,27H,2-4,13-14,16H2,1H3,(H2,28,29,30,31). The van der Waals surface area contributed by atoms with E-state index in [4.69, 9.17) is 16.6 Å². The molecule has 3 heterocycles. The Kier molecular flexibility index (Phi) is 5.97. The van der Waals surface area contributed by atoms with Crippen LogP contribution in [0.4, 0.5) is 23.1 Å². The minimum Gasteiger partial charge on any atom is -0.360 e. The van der Waals surface area contributed by atoms with E-state index in [1.165, 1.54) is 37.9 Å². The van der Waals surface area contributed by atoms with Crippen LogP contribution in [0.5, 0.6) is 0 Å². The molecular weight excluding hydrogens is 420 g/mol. The van der Waals surface area contributed by atoms with Crippen molar-refractivity contribution in [1.82, 2.24) is 19.9 Å². The van der Waals surface area contributed by atoms with Crippen LogP contribution in [0.3, 0.4) is 0 Å². The van der Waals surface area contributed by atoms with E-state index < -0.39 is 0 Å². The Balaban J connectivity index is 1.30. The second-order valence-electron chi connectivity index (χ2n) is 8.37. The molecule has 2 aromatic heterocycles. The summed E-state index contributed by atoms with van der Waals surface area (Å²) in [5.41, 5.74) is 5.13. The van der Waals surface area contributed by atoms with Gasteiger partial charge < -0.3 is 15.6 Å².